The van der Waals surface area contributed by atoms with Crippen molar-refractivity contribution in [3.63, 3.8) is 0 Å². The predicted octanol–water partition coefficient (Wildman–Crippen LogP) is 1.50. The Balaban J connectivity index is 3.17. The summed E-state index contributed by atoms with van der Waals surface area (Å²) in [4.78, 5) is 22.2. The fourth-order valence-electron chi connectivity index (χ4n) is 1.23. The zero-order valence-corrected chi connectivity index (χ0v) is 8.64. The number of carboxylic acid groups (broad SMARTS) is 1. The van der Waals surface area contributed by atoms with Gasteiger partial charge in [0, 0.05) is 5.56 Å². The molecule has 16 heavy (non-hydrogen) atoms. The molecule has 0 saturated carbocycles. The first kappa shape index (κ1) is 12.2. The zero-order valence-electron chi connectivity index (χ0n) is 8.64. The third-order valence-electron chi connectivity index (χ3n) is 2.02. The van der Waals surface area contributed by atoms with Gasteiger partial charge >= 0.3 is 17.6 Å². The van der Waals surface area contributed by atoms with Crippen molar-refractivity contribution in [2.75, 3.05) is 6.61 Å². The molecule has 86 valence electrons. The maximum absolute atomic E-state index is 14.2. The van der Waals surface area contributed by atoms with Crippen LogP contribution in [0.1, 0.15) is 12.5 Å². The van der Waals surface area contributed by atoms with E-state index in [1.807, 2.05) is 0 Å². The Morgan fingerprint density at radius 3 is 2.38 bits per heavy atom. The maximum Gasteiger partial charge on any atom is 0.360 e. The van der Waals surface area contributed by atoms with Gasteiger partial charge in [0.2, 0.25) is 0 Å². The molecule has 0 bridgehead atoms. The lowest BCUT2D eigenvalue weighted by Gasteiger charge is -2.18. The van der Waals surface area contributed by atoms with E-state index in [-0.39, 0.29) is 12.2 Å². The Morgan fingerprint density at radius 2 is 1.94 bits per heavy atom. The molecule has 0 saturated heterocycles. The number of halogens is 1. The normalized spacial score (nSPS) is 13.9. The molecular formula is C11H11FO4. The molecule has 1 unspecified atom stereocenters. The van der Waals surface area contributed by atoms with E-state index in [9.17, 15) is 14.0 Å². The molecule has 0 radical (unpaired) electrons. The van der Waals surface area contributed by atoms with Gasteiger partial charge in [0.25, 0.3) is 0 Å². The monoisotopic (exact) mass is 226 g/mol. The van der Waals surface area contributed by atoms with Crippen LogP contribution in [0.15, 0.2) is 30.3 Å². The molecule has 0 fully saturated rings. The van der Waals surface area contributed by atoms with Crippen LogP contribution in [-0.4, -0.2) is 23.7 Å². The average molecular weight is 226 g/mol. The van der Waals surface area contributed by atoms with Crippen molar-refractivity contribution < 1.29 is 23.8 Å². The van der Waals surface area contributed by atoms with Gasteiger partial charge in [0.1, 0.15) is 0 Å². The van der Waals surface area contributed by atoms with Crippen LogP contribution in [0.4, 0.5) is 4.39 Å². The lowest BCUT2D eigenvalue weighted by atomic mass is 9.96. The number of carbonyl (C=O) groups is 2. The quantitative estimate of drug-likeness (QED) is 0.624. The van der Waals surface area contributed by atoms with Crippen molar-refractivity contribution in [2.24, 2.45) is 0 Å². The van der Waals surface area contributed by atoms with E-state index in [0.717, 1.165) is 0 Å². The van der Waals surface area contributed by atoms with Crippen molar-refractivity contribution in [3.8, 4) is 0 Å². The van der Waals surface area contributed by atoms with E-state index in [1.54, 1.807) is 6.07 Å². The lowest BCUT2D eigenvalue weighted by Crippen LogP contribution is -2.40. The molecule has 1 rings (SSSR count). The standard InChI is InChI=1S/C11H11FO4/c1-2-16-10(15)11(12,9(13)14)8-6-4-3-5-7-8/h3-7H,2H2,1H3,(H,13,14). The van der Waals surface area contributed by atoms with Crippen LogP contribution in [0.2, 0.25) is 0 Å². The van der Waals surface area contributed by atoms with Crippen molar-refractivity contribution >= 4 is 11.9 Å². The number of rotatable bonds is 4. The minimum absolute atomic E-state index is 0.0788. The zero-order chi connectivity index (χ0) is 12.2. The molecule has 1 aromatic rings. The fourth-order valence-corrected chi connectivity index (χ4v) is 1.23. The van der Waals surface area contributed by atoms with Gasteiger partial charge in [-0.3, -0.25) is 0 Å². The first-order chi connectivity index (χ1) is 7.53. The molecular weight excluding hydrogens is 215 g/mol. The average Bonchev–Trinajstić information content (AvgIpc) is 2.29. The van der Waals surface area contributed by atoms with E-state index in [4.69, 9.17) is 5.11 Å². The highest BCUT2D eigenvalue weighted by molar-refractivity contribution is 6.03. The summed E-state index contributed by atoms with van der Waals surface area (Å²) in [6, 6.07) is 6.95. The van der Waals surface area contributed by atoms with Crippen molar-refractivity contribution in [3.05, 3.63) is 35.9 Å². The first-order valence-corrected chi connectivity index (χ1v) is 4.68. The molecule has 1 aromatic carbocycles. The van der Waals surface area contributed by atoms with Gasteiger partial charge in [-0.2, -0.15) is 0 Å². The molecule has 0 amide bonds. The molecule has 0 aromatic heterocycles. The second-order valence-corrected chi connectivity index (χ2v) is 3.05. The Bertz CT molecular complexity index is 390. The summed E-state index contributed by atoms with van der Waals surface area (Å²) in [6.45, 7) is 1.40. The summed E-state index contributed by atoms with van der Waals surface area (Å²) in [7, 11) is 0. The molecule has 0 heterocycles. The van der Waals surface area contributed by atoms with Gasteiger partial charge in [-0.1, -0.05) is 30.3 Å². The third kappa shape index (κ3) is 2.03. The van der Waals surface area contributed by atoms with Crippen LogP contribution in [0.3, 0.4) is 0 Å². The van der Waals surface area contributed by atoms with Crippen molar-refractivity contribution in [2.45, 2.75) is 12.6 Å². The first-order valence-electron chi connectivity index (χ1n) is 4.68. The number of hydrogen-bond donors (Lipinski definition) is 1. The van der Waals surface area contributed by atoms with Crippen LogP contribution in [0.5, 0.6) is 0 Å². The number of esters is 1. The Labute approximate surface area is 91.7 Å². The molecule has 0 spiro atoms. The Hall–Kier alpha value is -1.91. The summed E-state index contributed by atoms with van der Waals surface area (Å²) in [5, 5.41) is 8.81. The molecule has 0 aliphatic carbocycles. The largest absolute Gasteiger partial charge is 0.478 e. The highest BCUT2D eigenvalue weighted by Crippen LogP contribution is 2.28. The summed E-state index contributed by atoms with van der Waals surface area (Å²) in [5.74, 6) is -3.29. The SMILES string of the molecule is CCOC(=O)C(F)(C(=O)O)c1ccccc1. The van der Waals surface area contributed by atoms with Gasteiger partial charge in [0.15, 0.2) is 0 Å². The second kappa shape index (κ2) is 4.74. The van der Waals surface area contributed by atoms with E-state index in [2.05, 4.69) is 4.74 Å². The topological polar surface area (TPSA) is 63.6 Å². The maximum atomic E-state index is 14.2. The number of carboxylic acids is 1. The fraction of sp³-hybridized carbons (Fsp3) is 0.273. The molecule has 5 heteroatoms. The molecule has 1 atom stereocenters. The second-order valence-electron chi connectivity index (χ2n) is 3.05. The van der Waals surface area contributed by atoms with Gasteiger partial charge in [-0.05, 0) is 6.92 Å². The summed E-state index contributed by atoms with van der Waals surface area (Å²) >= 11 is 0. The van der Waals surface area contributed by atoms with E-state index in [0.29, 0.717) is 0 Å². The van der Waals surface area contributed by atoms with Crippen LogP contribution in [-0.2, 0) is 20.0 Å². The number of alkyl halides is 1. The van der Waals surface area contributed by atoms with E-state index < -0.39 is 17.6 Å². The lowest BCUT2D eigenvalue weighted by molar-refractivity contribution is -0.171. The molecule has 4 nitrogen and oxygen atoms in total. The van der Waals surface area contributed by atoms with E-state index >= 15 is 0 Å². The minimum Gasteiger partial charge on any atom is -0.478 e. The van der Waals surface area contributed by atoms with Crippen LogP contribution in [0, 0.1) is 0 Å². The molecule has 0 aliphatic rings. The minimum atomic E-state index is -3.14. The van der Waals surface area contributed by atoms with Gasteiger partial charge in [-0.15, -0.1) is 0 Å². The van der Waals surface area contributed by atoms with Gasteiger partial charge in [0.05, 0.1) is 6.61 Å². The summed E-state index contributed by atoms with van der Waals surface area (Å²) < 4.78 is 18.6. The van der Waals surface area contributed by atoms with Crippen molar-refractivity contribution in [1.29, 1.82) is 0 Å². The van der Waals surface area contributed by atoms with Crippen LogP contribution in [0.25, 0.3) is 0 Å². The predicted molar refractivity (Wildman–Crippen MR) is 53.5 cm³/mol. The third-order valence-corrected chi connectivity index (χ3v) is 2.02. The number of aliphatic carboxylic acids is 1. The van der Waals surface area contributed by atoms with Gasteiger partial charge < -0.3 is 9.84 Å². The summed E-state index contributed by atoms with van der Waals surface area (Å²) in [5.41, 5.74) is -3.39. The number of ether oxygens (including phenoxy) is 1. The summed E-state index contributed by atoms with van der Waals surface area (Å²) in [6.07, 6.45) is 0. The number of hydrogen-bond acceptors (Lipinski definition) is 3. The highest BCUT2D eigenvalue weighted by Gasteiger charge is 2.50. The smallest absolute Gasteiger partial charge is 0.360 e. The van der Waals surface area contributed by atoms with E-state index in [1.165, 1.54) is 31.2 Å². The molecule has 0 aliphatic heterocycles. The number of carbonyl (C=O) groups excluding carboxylic acids is 1. The van der Waals surface area contributed by atoms with Crippen LogP contribution >= 0.6 is 0 Å². The molecule has 1 N–H and O–H groups in total. The number of benzene rings is 1. The highest BCUT2D eigenvalue weighted by atomic mass is 19.1. The Morgan fingerprint density at radius 1 is 1.38 bits per heavy atom. The van der Waals surface area contributed by atoms with Crippen LogP contribution < -0.4 is 0 Å². The Kier molecular flexibility index (Phi) is 3.60. The van der Waals surface area contributed by atoms with Crippen molar-refractivity contribution in [1.82, 2.24) is 0 Å². The van der Waals surface area contributed by atoms with Gasteiger partial charge in [-0.25, -0.2) is 14.0 Å².